The van der Waals surface area contributed by atoms with Gasteiger partial charge in [0.1, 0.15) is 17.3 Å². The molecule has 7 nitrogen and oxygen atoms in total. The van der Waals surface area contributed by atoms with Gasteiger partial charge in [0, 0.05) is 17.1 Å². The highest BCUT2D eigenvalue weighted by molar-refractivity contribution is 7.13. The van der Waals surface area contributed by atoms with Crippen molar-refractivity contribution in [1.29, 1.82) is 0 Å². The molecular formula is C20H17N3O4S. The van der Waals surface area contributed by atoms with Gasteiger partial charge in [-0.1, -0.05) is 6.07 Å². The van der Waals surface area contributed by atoms with Gasteiger partial charge >= 0.3 is 5.97 Å². The van der Waals surface area contributed by atoms with Crippen molar-refractivity contribution in [2.45, 2.75) is 6.92 Å². The monoisotopic (exact) mass is 395 g/mol. The van der Waals surface area contributed by atoms with Crippen LogP contribution in [0.1, 0.15) is 6.92 Å². The van der Waals surface area contributed by atoms with E-state index in [-0.39, 0.29) is 25.7 Å². The van der Waals surface area contributed by atoms with Crippen molar-refractivity contribution in [2.75, 3.05) is 24.7 Å². The fraction of sp³-hybridized carbons (Fsp3) is 0.200. The third kappa shape index (κ3) is 3.59. The molecule has 4 rings (SSSR count). The molecule has 1 aliphatic heterocycles. The molecule has 1 aliphatic rings. The van der Waals surface area contributed by atoms with Gasteiger partial charge in [-0.15, -0.1) is 11.3 Å². The Labute approximate surface area is 165 Å². The van der Waals surface area contributed by atoms with Crippen LogP contribution in [0.3, 0.4) is 0 Å². The maximum absolute atomic E-state index is 12.3. The lowest BCUT2D eigenvalue weighted by molar-refractivity contribution is -0.142. The highest BCUT2D eigenvalue weighted by Gasteiger charge is 2.28. The Bertz CT molecular complexity index is 1020. The van der Waals surface area contributed by atoms with Crippen LogP contribution in [-0.4, -0.2) is 41.6 Å². The maximum Gasteiger partial charge on any atom is 0.326 e. The van der Waals surface area contributed by atoms with E-state index in [2.05, 4.69) is 9.97 Å². The van der Waals surface area contributed by atoms with Gasteiger partial charge < -0.3 is 9.47 Å². The standard InChI is InChI=1S/C20H17N3O4S/c1-2-26-19(25)10-23-16-9-13(6-7-17(16)27-11-18(23)24)15-12-28-20(22-15)14-5-3-4-8-21-14/h3-9,12H,2,10-11H2,1H3. The van der Waals surface area contributed by atoms with Gasteiger partial charge in [-0.25, -0.2) is 4.98 Å². The molecule has 0 spiro atoms. The quantitative estimate of drug-likeness (QED) is 0.617. The first kappa shape index (κ1) is 18.1. The molecule has 0 saturated heterocycles. The molecule has 0 fully saturated rings. The fourth-order valence-electron chi connectivity index (χ4n) is 2.88. The number of amides is 1. The SMILES string of the molecule is CCOC(=O)CN1C(=O)COc2ccc(-c3csc(-c4ccccn4)n3)cc21. The topological polar surface area (TPSA) is 81.6 Å². The first-order chi connectivity index (χ1) is 13.7. The molecule has 1 aromatic carbocycles. The average Bonchev–Trinajstić information content (AvgIpc) is 3.21. The lowest BCUT2D eigenvalue weighted by Gasteiger charge is -2.28. The van der Waals surface area contributed by atoms with E-state index in [4.69, 9.17) is 9.47 Å². The van der Waals surface area contributed by atoms with Crippen molar-refractivity contribution >= 4 is 28.9 Å². The number of aromatic nitrogens is 2. The zero-order chi connectivity index (χ0) is 19.5. The normalized spacial score (nSPS) is 13.0. The second kappa shape index (κ2) is 7.77. The summed E-state index contributed by atoms with van der Waals surface area (Å²) in [7, 11) is 0. The van der Waals surface area contributed by atoms with E-state index in [1.807, 2.05) is 35.7 Å². The summed E-state index contributed by atoms with van der Waals surface area (Å²) >= 11 is 1.49. The second-order valence-electron chi connectivity index (χ2n) is 6.01. The van der Waals surface area contributed by atoms with Gasteiger partial charge in [0.2, 0.25) is 0 Å². The van der Waals surface area contributed by atoms with Crippen molar-refractivity contribution in [3.05, 3.63) is 48.0 Å². The molecule has 3 heterocycles. The zero-order valence-electron chi connectivity index (χ0n) is 15.1. The predicted molar refractivity (Wildman–Crippen MR) is 105 cm³/mol. The molecule has 28 heavy (non-hydrogen) atoms. The van der Waals surface area contributed by atoms with E-state index in [1.165, 1.54) is 16.2 Å². The van der Waals surface area contributed by atoms with E-state index in [0.717, 1.165) is 22.0 Å². The van der Waals surface area contributed by atoms with Crippen LogP contribution in [0.5, 0.6) is 5.75 Å². The first-order valence-corrected chi connectivity index (χ1v) is 9.64. The Kier molecular flexibility index (Phi) is 5.03. The van der Waals surface area contributed by atoms with E-state index < -0.39 is 5.97 Å². The minimum Gasteiger partial charge on any atom is -0.482 e. The largest absolute Gasteiger partial charge is 0.482 e. The van der Waals surface area contributed by atoms with Crippen LogP contribution in [0.25, 0.3) is 22.0 Å². The number of hydrogen-bond acceptors (Lipinski definition) is 7. The molecule has 1 amide bonds. The van der Waals surface area contributed by atoms with Crippen LogP contribution < -0.4 is 9.64 Å². The highest BCUT2D eigenvalue weighted by atomic mass is 32.1. The minimum absolute atomic E-state index is 0.105. The number of rotatable bonds is 5. The summed E-state index contributed by atoms with van der Waals surface area (Å²) in [4.78, 5) is 34.6. The molecule has 142 valence electrons. The summed E-state index contributed by atoms with van der Waals surface area (Å²) in [6, 6.07) is 11.2. The molecule has 3 aromatic rings. The van der Waals surface area contributed by atoms with Crippen molar-refractivity contribution in [2.24, 2.45) is 0 Å². The van der Waals surface area contributed by atoms with Crippen LogP contribution in [0, 0.1) is 0 Å². The third-order valence-corrected chi connectivity index (χ3v) is 5.04. The number of nitrogens with zero attached hydrogens (tertiary/aromatic N) is 3. The van der Waals surface area contributed by atoms with Crippen molar-refractivity contribution in [3.63, 3.8) is 0 Å². The summed E-state index contributed by atoms with van der Waals surface area (Å²) in [5.41, 5.74) is 2.93. The van der Waals surface area contributed by atoms with Gasteiger partial charge in [0.15, 0.2) is 6.61 Å². The molecule has 8 heteroatoms. The number of carbonyl (C=O) groups excluding carboxylic acids is 2. The number of carbonyl (C=O) groups is 2. The van der Waals surface area contributed by atoms with Gasteiger partial charge in [-0.3, -0.25) is 19.5 Å². The number of fused-ring (bicyclic) bond motifs is 1. The molecule has 0 radical (unpaired) electrons. The van der Waals surface area contributed by atoms with E-state index in [0.29, 0.717) is 11.4 Å². The Morgan fingerprint density at radius 3 is 2.96 bits per heavy atom. The molecule has 0 unspecified atom stereocenters. The van der Waals surface area contributed by atoms with Crippen LogP contribution in [0.2, 0.25) is 0 Å². The lowest BCUT2D eigenvalue weighted by Crippen LogP contribution is -2.42. The molecule has 0 atom stereocenters. The van der Waals surface area contributed by atoms with Gasteiger partial charge in [-0.05, 0) is 37.3 Å². The summed E-state index contributed by atoms with van der Waals surface area (Å²) in [5.74, 6) is -0.196. The van der Waals surface area contributed by atoms with Crippen LogP contribution >= 0.6 is 11.3 Å². The molecule has 2 aromatic heterocycles. The number of thiazole rings is 1. The first-order valence-electron chi connectivity index (χ1n) is 8.76. The van der Waals surface area contributed by atoms with Crippen LogP contribution in [-0.2, 0) is 14.3 Å². The third-order valence-electron chi connectivity index (χ3n) is 4.18. The smallest absolute Gasteiger partial charge is 0.326 e. The lowest BCUT2D eigenvalue weighted by atomic mass is 10.1. The number of benzene rings is 1. The maximum atomic E-state index is 12.3. The number of anilines is 1. The Balaban J connectivity index is 1.66. The number of esters is 1. The minimum atomic E-state index is -0.458. The Morgan fingerprint density at radius 1 is 1.29 bits per heavy atom. The zero-order valence-corrected chi connectivity index (χ0v) is 15.9. The van der Waals surface area contributed by atoms with E-state index in [1.54, 1.807) is 19.2 Å². The molecule has 0 aliphatic carbocycles. The van der Waals surface area contributed by atoms with E-state index in [9.17, 15) is 9.59 Å². The number of ether oxygens (including phenoxy) is 2. The van der Waals surface area contributed by atoms with Gasteiger partial charge in [0.05, 0.1) is 23.7 Å². The molecular weight excluding hydrogens is 378 g/mol. The Morgan fingerprint density at radius 2 is 2.18 bits per heavy atom. The van der Waals surface area contributed by atoms with Crippen molar-refractivity contribution < 1.29 is 19.1 Å². The number of pyridine rings is 1. The molecule has 0 N–H and O–H groups in total. The van der Waals surface area contributed by atoms with Crippen LogP contribution in [0.15, 0.2) is 48.0 Å². The van der Waals surface area contributed by atoms with Gasteiger partial charge in [0.25, 0.3) is 5.91 Å². The molecule has 0 saturated carbocycles. The second-order valence-corrected chi connectivity index (χ2v) is 6.87. The number of hydrogen-bond donors (Lipinski definition) is 0. The van der Waals surface area contributed by atoms with Crippen LogP contribution in [0.4, 0.5) is 5.69 Å². The summed E-state index contributed by atoms with van der Waals surface area (Å²) in [5, 5.41) is 2.75. The van der Waals surface area contributed by atoms with Crippen molar-refractivity contribution in [3.8, 4) is 27.7 Å². The fourth-order valence-corrected chi connectivity index (χ4v) is 3.69. The van der Waals surface area contributed by atoms with Gasteiger partial charge in [-0.2, -0.15) is 0 Å². The average molecular weight is 395 g/mol. The molecule has 0 bridgehead atoms. The summed E-state index contributed by atoms with van der Waals surface area (Å²) < 4.78 is 10.5. The summed E-state index contributed by atoms with van der Waals surface area (Å²) in [6.07, 6.45) is 1.73. The predicted octanol–water partition coefficient (Wildman–Crippen LogP) is 3.16. The Hall–Kier alpha value is -3.26. The van der Waals surface area contributed by atoms with Crippen molar-refractivity contribution in [1.82, 2.24) is 9.97 Å². The highest BCUT2D eigenvalue weighted by Crippen LogP contribution is 2.37. The summed E-state index contributed by atoms with van der Waals surface area (Å²) in [6.45, 7) is 1.74. The van der Waals surface area contributed by atoms with E-state index >= 15 is 0 Å².